The molecule has 0 saturated carbocycles. The summed E-state index contributed by atoms with van der Waals surface area (Å²) in [5.41, 5.74) is 1.43. The topological polar surface area (TPSA) is 73.5 Å². The van der Waals surface area contributed by atoms with E-state index in [1.807, 2.05) is 54.6 Å². The lowest BCUT2D eigenvalue weighted by Gasteiger charge is -2.44. The van der Waals surface area contributed by atoms with Crippen LogP contribution in [0.3, 0.4) is 0 Å². The Kier molecular flexibility index (Phi) is 5.14. The summed E-state index contributed by atoms with van der Waals surface area (Å²) in [5.74, 6) is 0.610. The Balaban J connectivity index is 1.25. The van der Waals surface area contributed by atoms with Crippen LogP contribution in [0.5, 0.6) is 0 Å². The van der Waals surface area contributed by atoms with Gasteiger partial charge in [-0.25, -0.2) is 4.79 Å². The molecule has 3 amide bonds. The van der Waals surface area contributed by atoms with Crippen molar-refractivity contribution >= 4 is 44.7 Å². The molecule has 3 aliphatic rings. The van der Waals surface area contributed by atoms with Gasteiger partial charge in [-0.05, 0) is 67.6 Å². The van der Waals surface area contributed by atoms with Crippen LogP contribution >= 0.6 is 11.3 Å². The van der Waals surface area contributed by atoms with Gasteiger partial charge in [0.25, 0.3) is 5.91 Å². The van der Waals surface area contributed by atoms with Gasteiger partial charge in [0.1, 0.15) is 0 Å². The zero-order valence-corrected chi connectivity index (χ0v) is 17.4. The third-order valence-corrected chi connectivity index (χ3v) is 7.10. The summed E-state index contributed by atoms with van der Waals surface area (Å²) in [6.45, 7) is 3.28. The first-order chi connectivity index (χ1) is 14.6. The van der Waals surface area contributed by atoms with Crippen molar-refractivity contribution < 1.29 is 9.59 Å². The lowest BCUT2D eigenvalue weighted by molar-refractivity contribution is 0.0622. The Morgan fingerprint density at radius 2 is 1.70 bits per heavy atom. The maximum absolute atomic E-state index is 12.8. The van der Waals surface area contributed by atoms with E-state index in [4.69, 9.17) is 0 Å². The summed E-state index contributed by atoms with van der Waals surface area (Å²) in [4.78, 5) is 28.2. The smallest absolute Gasteiger partial charge is 0.323 e. The van der Waals surface area contributed by atoms with Gasteiger partial charge in [-0.3, -0.25) is 4.79 Å². The first kappa shape index (κ1) is 19.1. The molecule has 4 heterocycles. The summed E-state index contributed by atoms with van der Waals surface area (Å²) >= 11 is 1.46. The Labute approximate surface area is 179 Å². The van der Waals surface area contributed by atoms with Crippen LogP contribution < -0.4 is 16.0 Å². The molecule has 2 bridgehead atoms. The summed E-state index contributed by atoms with van der Waals surface area (Å²) in [6.07, 6.45) is 2.36. The molecule has 154 valence electrons. The molecule has 6 rings (SSSR count). The van der Waals surface area contributed by atoms with Crippen molar-refractivity contribution in [3.8, 4) is 0 Å². The van der Waals surface area contributed by atoms with E-state index >= 15 is 0 Å². The van der Waals surface area contributed by atoms with E-state index in [1.165, 1.54) is 24.2 Å². The minimum Gasteiger partial charge on any atom is -0.347 e. The van der Waals surface area contributed by atoms with Crippen LogP contribution in [0.15, 0.2) is 54.6 Å². The quantitative estimate of drug-likeness (QED) is 0.587. The number of carbonyl (C=O) groups is 2. The highest BCUT2D eigenvalue weighted by atomic mass is 32.1. The number of fused-ring (bicyclic) bond motifs is 4. The Hall–Kier alpha value is -2.90. The molecular formula is C23H24N4O2S. The normalized spacial score (nSPS) is 22.6. The molecule has 0 aliphatic carbocycles. The molecular weight excluding hydrogens is 396 g/mol. The van der Waals surface area contributed by atoms with Gasteiger partial charge < -0.3 is 20.9 Å². The lowest BCUT2D eigenvalue weighted by Crippen LogP contribution is -2.57. The zero-order valence-electron chi connectivity index (χ0n) is 16.6. The van der Waals surface area contributed by atoms with Gasteiger partial charge in [0, 0.05) is 28.7 Å². The number of amides is 3. The number of nitrogens with one attached hydrogen (secondary N) is 3. The molecule has 3 aromatic rings. The van der Waals surface area contributed by atoms with Crippen molar-refractivity contribution in [1.82, 2.24) is 10.2 Å². The number of benzene rings is 2. The summed E-state index contributed by atoms with van der Waals surface area (Å²) in [5, 5.41) is 9.92. The molecule has 3 aliphatic heterocycles. The van der Waals surface area contributed by atoms with Crippen LogP contribution in [0.2, 0.25) is 0 Å². The van der Waals surface area contributed by atoms with Crippen LogP contribution in [0.25, 0.3) is 10.1 Å². The van der Waals surface area contributed by atoms with E-state index in [0.717, 1.165) is 35.4 Å². The second-order valence-corrected chi connectivity index (χ2v) is 9.11. The van der Waals surface area contributed by atoms with Crippen molar-refractivity contribution in [2.45, 2.75) is 18.9 Å². The molecule has 2 aromatic carbocycles. The largest absolute Gasteiger partial charge is 0.347 e. The van der Waals surface area contributed by atoms with E-state index < -0.39 is 0 Å². The minimum atomic E-state index is -0.294. The average Bonchev–Trinajstić information content (AvgIpc) is 3.19. The fraction of sp³-hybridized carbons (Fsp3) is 0.304. The van der Waals surface area contributed by atoms with Gasteiger partial charge in [0.2, 0.25) is 0 Å². The first-order valence-corrected chi connectivity index (χ1v) is 11.2. The van der Waals surface area contributed by atoms with E-state index in [1.54, 1.807) is 0 Å². The minimum absolute atomic E-state index is 0.00581. The number of anilines is 2. The Bertz CT molecular complexity index is 1070. The van der Waals surface area contributed by atoms with Crippen LogP contribution in [-0.4, -0.2) is 42.5 Å². The third-order valence-electron chi connectivity index (χ3n) is 6.01. The second-order valence-electron chi connectivity index (χ2n) is 8.03. The number of hydrogen-bond donors (Lipinski definition) is 3. The molecule has 30 heavy (non-hydrogen) atoms. The molecule has 0 radical (unpaired) electrons. The van der Waals surface area contributed by atoms with E-state index in [-0.39, 0.29) is 18.0 Å². The van der Waals surface area contributed by atoms with Crippen molar-refractivity contribution in [3.63, 3.8) is 0 Å². The van der Waals surface area contributed by atoms with Gasteiger partial charge >= 0.3 is 6.03 Å². The molecule has 6 nitrogen and oxygen atoms in total. The van der Waals surface area contributed by atoms with Crippen LogP contribution in [0, 0.1) is 5.92 Å². The highest BCUT2D eigenvalue weighted by Crippen LogP contribution is 2.30. The Morgan fingerprint density at radius 3 is 2.43 bits per heavy atom. The summed E-state index contributed by atoms with van der Waals surface area (Å²) in [6, 6.07) is 16.9. The monoisotopic (exact) mass is 420 g/mol. The molecule has 0 spiro atoms. The molecule has 1 atom stereocenters. The Morgan fingerprint density at radius 1 is 0.933 bits per heavy atom. The van der Waals surface area contributed by atoms with Gasteiger partial charge in [-0.15, -0.1) is 11.3 Å². The first-order valence-electron chi connectivity index (χ1n) is 10.3. The molecule has 3 fully saturated rings. The third kappa shape index (κ3) is 4.04. The highest BCUT2D eigenvalue weighted by Gasteiger charge is 2.35. The van der Waals surface area contributed by atoms with Crippen molar-refractivity contribution in [2.75, 3.05) is 30.3 Å². The maximum Gasteiger partial charge on any atom is 0.323 e. The maximum atomic E-state index is 12.8. The van der Waals surface area contributed by atoms with Crippen LogP contribution in [-0.2, 0) is 0 Å². The number of hydrogen-bond acceptors (Lipinski definition) is 4. The predicted octanol–water partition coefficient (Wildman–Crippen LogP) is 4.37. The summed E-state index contributed by atoms with van der Waals surface area (Å²) < 4.78 is 0.978. The number of rotatable bonds is 4. The van der Waals surface area contributed by atoms with Crippen LogP contribution in [0.1, 0.15) is 22.5 Å². The van der Waals surface area contributed by atoms with E-state index in [2.05, 4.69) is 20.9 Å². The van der Waals surface area contributed by atoms with E-state index in [0.29, 0.717) is 16.5 Å². The number of para-hydroxylation sites is 1. The molecule has 1 aromatic heterocycles. The van der Waals surface area contributed by atoms with Gasteiger partial charge in [-0.2, -0.15) is 0 Å². The van der Waals surface area contributed by atoms with Crippen molar-refractivity contribution in [3.05, 3.63) is 59.5 Å². The standard InChI is InChI=1S/C23H24N4O2S/c28-22(26-19-14-27-10-8-15(19)9-11-27)21-12-16-6-7-18(13-20(16)30-21)25-23(29)24-17-4-2-1-3-5-17/h1-7,12-13,15,19H,8-11,14H2,(H,26,28)(H2,24,25,29)/t19-/m0/s1. The average molecular weight is 421 g/mol. The number of piperidine rings is 3. The van der Waals surface area contributed by atoms with Crippen molar-refractivity contribution in [1.29, 1.82) is 0 Å². The zero-order chi connectivity index (χ0) is 20.5. The number of thiophene rings is 1. The van der Waals surface area contributed by atoms with Gasteiger partial charge in [0.15, 0.2) is 0 Å². The fourth-order valence-corrected chi connectivity index (χ4v) is 5.41. The predicted molar refractivity (Wildman–Crippen MR) is 121 cm³/mol. The van der Waals surface area contributed by atoms with E-state index in [9.17, 15) is 9.59 Å². The number of urea groups is 1. The van der Waals surface area contributed by atoms with Crippen molar-refractivity contribution in [2.24, 2.45) is 5.92 Å². The highest BCUT2D eigenvalue weighted by molar-refractivity contribution is 7.20. The summed E-state index contributed by atoms with van der Waals surface area (Å²) in [7, 11) is 0. The number of nitrogens with zero attached hydrogens (tertiary/aromatic N) is 1. The molecule has 0 unspecified atom stereocenters. The second kappa shape index (κ2) is 8.08. The lowest BCUT2D eigenvalue weighted by atomic mass is 9.84. The SMILES string of the molecule is O=C(Nc1ccccc1)Nc1ccc2cc(C(=O)N[C@H]3CN4CCC3CC4)sc2c1. The van der Waals surface area contributed by atoms with Gasteiger partial charge in [-0.1, -0.05) is 24.3 Å². The fourth-order valence-electron chi connectivity index (χ4n) is 4.40. The van der Waals surface area contributed by atoms with Crippen LogP contribution in [0.4, 0.5) is 16.2 Å². The molecule has 3 N–H and O–H groups in total. The molecule has 3 saturated heterocycles. The molecule has 7 heteroatoms. The van der Waals surface area contributed by atoms with Gasteiger partial charge in [0.05, 0.1) is 4.88 Å². The number of carbonyl (C=O) groups excluding carboxylic acids is 2.